The maximum atomic E-state index is 12.4. The Morgan fingerprint density at radius 1 is 1.29 bits per heavy atom. The Kier molecular flexibility index (Phi) is 4.29. The van der Waals surface area contributed by atoms with E-state index in [2.05, 4.69) is 17.1 Å². The number of nitrogens with one attached hydrogen (secondary N) is 1. The highest BCUT2D eigenvalue weighted by molar-refractivity contribution is 6.00. The number of carbonyl (C=O) groups is 1. The van der Waals surface area contributed by atoms with Gasteiger partial charge in [0, 0.05) is 31.7 Å². The van der Waals surface area contributed by atoms with E-state index in [0.717, 1.165) is 38.2 Å². The number of piperazine rings is 1. The Morgan fingerprint density at radius 2 is 1.94 bits per heavy atom. The molecule has 17 heavy (non-hydrogen) atoms. The monoisotopic (exact) mass is 232 g/mol. The summed E-state index contributed by atoms with van der Waals surface area (Å²) in [5, 5.41) is 3.32. The molecule has 1 fully saturated rings. The third-order valence-electron chi connectivity index (χ3n) is 3.34. The maximum absolute atomic E-state index is 12.4. The van der Waals surface area contributed by atoms with E-state index >= 15 is 0 Å². The van der Waals surface area contributed by atoms with Crippen LogP contribution < -0.4 is 5.32 Å². The molecule has 1 aromatic carbocycles. The molecule has 92 valence electrons. The van der Waals surface area contributed by atoms with Crippen molar-refractivity contribution in [1.29, 1.82) is 0 Å². The van der Waals surface area contributed by atoms with Crippen LogP contribution in [0.25, 0.3) is 0 Å². The average Bonchev–Trinajstić information content (AvgIpc) is 2.42. The Balaban J connectivity index is 2.09. The van der Waals surface area contributed by atoms with Crippen LogP contribution in [0.15, 0.2) is 30.3 Å². The van der Waals surface area contributed by atoms with Crippen LogP contribution in [-0.4, -0.2) is 42.9 Å². The molecule has 0 aliphatic carbocycles. The first-order chi connectivity index (χ1) is 8.33. The first-order valence-corrected chi connectivity index (χ1v) is 6.37. The van der Waals surface area contributed by atoms with E-state index in [-0.39, 0.29) is 11.8 Å². The summed E-state index contributed by atoms with van der Waals surface area (Å²) in [6, 6.07) is 9.66. The fourth-order valence-corrected chi connectivity index (χ4v) is 2.40. The third kappa shape index (κ3) is 2.93. The van der Waals surface area contributed by atoms with E-state index in [9.17, 15) is 4.79 Å². The normalized spacial score (nSPS) is 18.9. The van der Waals surface area contributed by atoms with Crippen LogP contribution in [-0.2, 0) is 0 Å². The largest absolute Gasteiger partial charge is 0.314 e. The predicted octanol–water partition coefficient (Wildman–Crippen LogP) is 1.55. The van der Waals surface area contributed by atoms with Gasteiger partial charge in [0.15, 0.2) is 5.78 Å². The number of benzene rings is 1. The number of hydrogen-bond donors (Lipinski definition) is 1. The van der Waals surface area contributed by atoms with E-state index in [0.29, 0.717) is 0 Å². The van der Waals surface area contributed by atoms with Crippen molar-refractivity contribution in [2.24, 2.45) is 0 Å². The minimum Gasteiger partial charge on any atom is -0.314 e. The van der Waals surface area contributed by atoms with Crippen LogP contribution in [0.4, 0.5) is 0 Å². The number of carbonyl (C=O) groups excluding carboxylic acids is 1. The van der Waals surface area contributed by atoms with Gasteiger partial charge in [0.2, 0.25) is 0 Å². The number of rotatable bonds is 4. The average molecular weight is 232 g/mol. The lowest BCUT2D eigenvalue weighted by Gasteiger charge is -2.33. The first-order valence-electron chi connectivity index (χ1n) is 6.37. The second-order valence-electron chi connectivity index (χ2n) is 4.44. The molecule has 1 N–H and O–H groups in total. The van der Waals surface area contributed by atoms with Crippen molar-refractivity contribution in [3.05, 3.63) is 35.9 Å². The van der Waals surface area contributed by atoms with Gasteiger partial charge in [0.25, 0.3) is 0 Å². The van der Waals surface area contributed by atoms with E-state index in [1.54, 1.807) is 0 Å². The van der Waals surface area contributed by atoms with Gasteiger partial charge in [-0.25, -0.2) is 0 Å². The number of Topliss-reactive ketones (excluding diaryl/α,β-unsaturated/α-hetero) is 1. The van der Waals surface area contributed by atoms with Gasteiger partial charge < -0.3 is 5.32 Å². The molecule has 0 saturated carbocycles. The van der Waals surface area contributed by atoms with Crippen LogP contribution >= 0.6 is 0 Å². The molecule has 1 aromatic rings. The maximum Gasteiger partial charge on any atom is 0.179 e. The summed E-state index contributed by atoms with van der Waals surface area (Å²) in [5.41, 5.74) is 0.831. The van der Waals surface area contributed by atoms with Gasteiger partial charge in [-0.15, -0.1) is 0 Å². The Bertz CT molecular complexity index is 358. The summed E-state index contributed by atoms with van der Waals surface area (Å²) in [6.45, 7) is 6.00. The van der Waals surface area contributed by atoms with Crippen molar-refractivity contribution in [3.63, 3.8) is 0 Å². The van der Waals surface area contributed by atoms with Crippen LogP contribution in [0.5, 0.6) is 0 Å². The van der Waals surface area contributed by atoms with Gasteiger partial charge in [-0.3, -0.25) is 9.69 Å². The lowest BCUT2D eigenvalue weighted by atomic mass is 10.0. The van der Waals surface area contributed by atoms with Crippen molar-refractivity contribution < 1.29 is 4.79 Å². The fraction of sp³-hybridized carbons (Fsp3) is 0.500. The van der Waals surface area contributed by atoms with Gasteiger partial charge in [-0.05, 0) is 6.42 Å². The molecule has 2 rings (SSSR count). The van der Waals surface area contributed by atoms with E-state index in [1.807, 2.05) is 30.3 Å². The first kappa shape index (κ1) is 12.3. The molecular weight excluding hydrogens is 212 g/mol. The molecule has 0 bridgehead atoms. The summed E-state index contributed by atoms with van der Waals surface area (Å²) < 4.78 is 0. The minimum absolute atomic E-state index is 0.0412. The fourth-order valence-electron chi connectivity index (χ4n) is 2.40. The highest BCUT2D eigenvalue weighted by atomic mass is 16.1. The summed E-state index contributed by atoms with van der Waals surface area (Å²) in [4.78, 5) is 14.7. The SMILES string of the molecule is CCC(C(=O)c1ccccc1)N1CCNCC1. The zero-order chi connectivity index (χ0) is 12.1. The van der Waals surface area contributed by atoms with Gasteiger partial charge in [0.05, 0.1) is 6.04 Å². The zero-order valence-electron chi connectivity index (χ0n) is 10.4. The van der Waals surface area contributed by atoms with E-state index in [1.165, 1.54) is 0 Å². The number of hydrogen-bond acceptors (Lipinski definition) is 3. The standard InChI is InChI=1S/C14H20N2O/c1-2-13(16-10-8-15-9-11-16)14(17)12-6-4-3-5-7-12/h3-7,13,15H,2,8-11H2,1H3. The molecule has 0 aromatic heterocycles. The summed E-state index contributed by atoms with van der Waals surface area (Å²) in [7, 11) is 0. The second-order valence-corrected chi connectivity index (χ2v) is 4.44. The molecule has 0 radical (unpaired) electrons. The number of ketones is 1. The zero-order valence-corrected chi connectivity index (χ0v) is 10.4. The molecule has 1 atom stereocenters. The molecule has 1 heterocycles. The number of nitrogens with zero attached hydrogens (tertiary/aromatic N) is 1. The molecule has 0 spiro atoms. The predicted molar refractivity (Wildman–Crippen MR) is 69.3 cm³/mol. The minimum atomic E-state index is 0.0412. The van der Waals surface area contributed by atoms with Crippen molar-refractivity contribution in [3.8, 4) is 0 Å². The Hall–Kier alpha value is -1.19. The summed E-state index contributed by atoms with van der Waals surface area (Å²) >= 11 is 0. The summed E-state index contributed by atoms with van der Waals surface area (Å²) in [5.74, 6) is 0.259. The van der Waals surface area contributed by atoms with Crippen LogP contribution in [0, 0.1) is 0 Å². The van der Waals surface area contributed by atoms with Crippen LogP contribution in [0.2, 0.25) is 0 Å². The molecule has 3 nitrogen and oxygen atoms in total. The van der Waals surface area contributed by atoms with Crippen molar-refractivity contribution >= 4 is 5.78 Å². The molecule has 1 unspecified atom stereocenters. The highest BCUT2D eigenvalue weighted by Crippen LogP contribution is 2.13. The molecule has 3 heteroatoms. The second kappa shape index (κ2) is 5.94. The Morgan fingerprint density at radius 3 is 2.53 bits per heavy atom. The smallest absolute Gasteiger partial charge is 0.179 e. The Labute approximate surface area is 103 Å². The van der Waals surface area contributed by atoms with Crippen molar-refractivity contribution in [1.82, 2.24) is 10.2 Å². The molecule has 1 saturated heterocycles. The molecule has 0 amide bonds. The quantitative estimate of drug-likeness (QED) is 0.799. The molecule has 1 aliphatic heterocycles. The third-order valence-corrected chi connectivity index (χ3v) is 3.34. The van der Waals surface area contributed by atoms with Gasteiger partial charge in [-0.1, -0.05) is 37.3 Å². The van der Waals surface area contributed by atoms with Gasteiger partial charge >= 0.3 is 0 Å². The highest BCUT2D eigenvalue weighted by Gasteiger charge is 2.25. The van der Waals surface area contributed by atoms with Crippen LogP contribution in [0.3, 0.4) is 0 Å². The van der Waals surface area contributed by atoms with E-state index in [4.69, 9.17) is 0 Å². The van der Waals surface area contributed by atoms with Gasteiger partial charge in [0.1, 0.15) is 0 Å². The van der Waals surface area contributed by atoms with Gasteiger partial charge in [-0.2, -0.15) is 0 Å². The van der Waals surface area contributed by atoms with Crippen molar-refractivity contribution in [2.45, 2.75) is 19.4 Å². The van der Waals surface area contributed by atoms with E-state index < -0.39 is 0 Å². The van der Waals surface area contributed by atoms with Crippen LogP contribution in [0.1, 0.15) is 23.7 Å². The lowest BCUT2D eigenvalue weighted by molar-refractivity contribution is 0.0790. The van der Waals surface area contributed by atoms with Crippen molar-refractivity contribution in [2.75, 3.05) is 26.2 Å². The topological polar surface area (TPSA) is 32.3 Å². The lowest BCUT2D eigenvalue weighted by Crippen LogP contribution is -2.51. The molecular formula is C14H20N2O. The summed E-state index contributed by atoms with van der Waals surface area (Å²) in [6.07, 6.45) is 0.883. The molecule has 1 aliphatic rings.